The van der Waals surface area contributed by atoms with Gasteiger partial charge in [0.05, 0.1) is 0 Å². The first-order valence-corrected chi connectivity index (χ1v) is 6.17. The van der Waals surface area contributed by atoms with Crippen molar-refractivity contribution < 1.29 is 0 Å². The summed E-state index contributed by atoms with van der Waals surface area (Å²) in [6, 6.07) is 1.39. The van der Waals surface area contributed by atoms with E-state index in [4.69, 9.17) is 0 Å². The van der Waals surface area contributed by atoms with Gasteiger partial charge in [0.25, 0.3) is 0 Å². The number of nitrogens with one attached hydrogen (secondary N) is 1. The number of rotatable bonds is 1. The lowest BCUT2D eigenvalue weighted by Crippen LogP contribution is -2.61. The van der Waals surface area contributed by atoms with E-state index in [9.17, 15) is 0 Å². The Morgan fingerprint density at radius 1 is 1.29 bits per heavy atom. The van der Waals surface area contributed by atoms with E-state index < -0.39 is 0 Å². The minimum Gasteiger partial charge on any atom is -0.312 e. The van der Waals surface area contributed by atoms with Crippen molar-refractivity contribution >= 4 is 0 Å². The van der Waals surface area contributed by atoms with E-state index in [1.165, 1.54) is 38.8 Å². The van der Waals surface area contributed by atoms with Crippen LogP contribution in [-0.2, 0) is 0 Å². The highest BCUT2D eigenvalue weighted by atomic mass is 15.3. The second-order valence-corrected chi connectivity index (χ2v) is 5.27. The summed E-state index contributed by atoms with van der Waals surface area (Å²) in [6.45, 7) is 9.58. The molecule has 2 aliphatic rings. The minimum absolute atomic E-state index is 0.492. The van der Waals surface area contributed by atoms with E-state index in [-0.39, 0.29) is 0 Å². The lowest BCUT2D eigenvalue weighted by atomic mass is 9.80. The van der Waals surface area contributed by atoms with Crippen LogP contribution in [0.2, 0.25) is 0 Å². The van der Waals surface area contributed by atoms with E-state index in [1.54, 1.807) is 0 Å². The summed E-state index contributed by atoms with van der Waals surface area (Å²) >= 11 is 0. The molecule has 2 aliphatic heterocycles. The van der Waals surface area contributed by atoms with Crippen molar-refractivity contribution in [1.82, 2.24) is 10.2 Å². The van der Waals surface area contributed by atoms with Crippen molar-refractivity contribution in [3.63, 3.8) is 0 Å². The molecule has 1 spiro atoms. The molecular weight excluding hydrogens is 172 g/mol. The zero-order chi connectivity index (χ0) is 10.2. The Morgan fingerprint density at radius 3 is 2.64 bits per heavy atom. The van der Waals surface area contributed by atoms with Crippen LogP contribution in [0.25, 0.3) is 0 Å². The van der Waals surface area contributed by atoms with Gasteiger partial charge < -0.3 is 5.32 Å². The summed E-state index contributed by atoms with van der Waals surface area (Å²) in [5.41, 5.74) is 0.492. The van der Waals surface area contributed by atoms with Gasteiger partial charge in [0.2, 0.25) is 0 Å². The molecule has 0 amide bonds. The van der Waals surface area contributed by atoms with Crippen LogP contribution in [0, 0.1) is 0 Å². The molecule has 1 N–H and O–H groups in total. The molecule has 2 rings (SSSR count). The second-order valence-electron chi connectivity index (χ2n) is 5.27. The maximum Gasteiger partial charge on any atom is 0.0363 e. The molecule has 2 unspecified atom stereocenters. The average Bonchev–Trinajstić information content (AvgIpc) is 2.55. The topological polar surface area (TPSA) is 15.3 Å². The number of hydrogen-bond acceptors (Lipinski definition) is 2. The van der Waals surface area contributed by atoms with Crippen LogP contribution in [-0.4, -0.2) is 35.6 Å². The molecular formula is C12H24N2. The number of hydrogen-bond donors (Lipinski definition) is 1. The Bertz CT molecular complexity index is 202. The molecule has 0 aromatic carbocycles. The Labute approximate surface area is 88.1 Å². The molecule has 2 heteroatoms. The van der Waals surface area contributed by atoms with Crippen LogP contribution < -0.4 is 5.32 Å². The molecule has 14 heavy (non-hydrogen) atoms. The van der Waals surface area contributed by atoms with Crippen molar-refractivity contribution in [2.45, 2.75) is 64.1 Å². The summed E-state index contributed by atoms with van der Waals surface area (Å²) in [5, 5.41) is 3.66. The van der Waals surface area contributed by atoms with E-state index >= 15 is 0 Å². The standard InChI is InChI=1S/C12H24N2/c1-10(2)14-9-5-7-12(14)6-4-8-13-11(12)3/h10-11,13H,4-9H2,1-3H3. The van der Waals surface area contributed by atoms with E-state index in [1.807, 2.05) is 0 Å². The van der Waals surface area contributed by atoms with Gasteiger partial charge in [-0.15, -0.1) is 0 Å². The Morgan fingerprint density at radius 2 is 2.00 bits per heavy atom. The van der Waals surface area contributed by atoms with Crippen LogP contribution in [0.1, 0.15) is 46.5 Å². The molecule has 0 aliphatic carbocycles. The van der Waals surface area contributed by atoms with Crippen LogP contribution in [0.15, 0.2) is 0 Å². The number of nitrogens with zero attached hydrogens (tertiary/aromatic N) is 1. The van der Waals surface area contributed by atoms with Gasteiger partial charge in [-0.05, 0) is 59.5 Å². The highest BCUT2D eigenvalue weighted by Crippen LogP contribution is 2.39. The van der Waals surface area contributed by atoms with Crippen LogP contribution in [0.3, 0.4) is 0 Å². The zero-order valence-electron chi connectivity index (χ0n) is 9.84. The van der Waals surface area contributed by atoms with Crippen molar-refractivity contribution in [3.8, 4) is 0 Å². The molecule has 2 saturated heterocycles. The zero-order valence-corrected chi connectivity index (χ0v) is 9.84. The first-order valence-electron chi connectivity index (χ1n) is 6.17. The molecule has 2 nitrogen and oxygen atoms in total. The Balaban J connectivity index is 2.18. The molecule has 2 heterocycles. The van der Waals surface area contributed by atoms with E-state index in [0.29, 0.717) is 17.6 Å². The predicted octanol–water partition coefficient (Wildman–Crippen LogP) is 2.00. The SMILES string of the molecule is CC(C)N1CCCC12CCCNC2C. The van der Waals surface area contributed by atoms with E-state index in [2.05, 4.69) is 31.0 Å². The summed E-state index contributed by atoms with van der Waals surface area (Å²) in [7, 11) is 0. The lowest BCUT2D eigenvalue weighted by molar-refractivity contribution is 0.0434. The van der Waals surface area contributed by atoms with Gasteiger partial charge >= 0.3 is 0 Å². The average molecular weight is 196 g/mol. The van der Waals surface area contributed by atoms with Gasteiger partial charge in [-0.1, -0.05) is 0 Å². The normalized spacial score (nSPS) is 39.9. The molecule has 2 fully saturated rings. The number of piperidine rings is 1. The lowest BCUT2D eigenvalue weighted by Gasteiger charge is -2.48. The third kappa shape index (κ3) is 1.49. The molecule has 0 saturated carbocycles. The van der Waals surface area contributed by atoms with Gasteiger partial charge in [0, 0.05) is 17.6 Å². The largest absolute Gasteiger partial charge is 0.312 e. The van der Waals surface area contributed by atoms with Crippen molar-refractivity contribution in [3.05, 3.63) is 0 Å². The molecule has 0 aromatic rings. The fourth-order valence-electron chi connectivity index (χ4n) is 3.55. The van der Waals surface area contributed by atoms with Crippen LogP contribution in [0.5, 0.6) is 0 Å². The fraction of sp³-hybridized carbons (Fsp3) is 1.00. The fourth-order valence-corrected chi connectivity index (χ4v) is 3.55. The van der Waals surface area contributed by atoms with Gasteiger partial charge in [-0.2, -0.15) is 0 Å². The number of likely N-dealkylation sites (tertiary alicyclic amines) is 1. The Kier molecular flexibility index (Phi) is 2.85. The van der Waals surface area contributed by atoms with Gasteiger partial charge in [0.15, 0.2) is 0 Å². The van der Waals surface area contributed by atoms with Gasteiger partial charge in [-0.25, -0.2) is 0 Å². The monoisotopic (exact) mass is 196 g/mol. The van der Waals surface area contributed by atoms with Crippen molar-refractivity contribution in [1.29, 1.82) is 0 Å². The van der Waals surface area contributed by atoms with Gasteiger partial charge in [-0.3, -0.25) is 4.90 Å². The van der Waals surface area contributed by atoms with Gasteiger partial charge in [0.1, 0.15) is 0 Å². The molecule has 0 aromatic heterocycles. The van der Waals surface area contributed by atoms with Crippen molar-refractivity contribution in [2.24, 2.45) is 0 Å². The first kappa shape index (κ1) is 10.4. The van der Waals surface area contributed by atoms with Crippen molar-refractivity contribution in [2.75, 3.05) is 13.1 Å². The maximum absolute atomic E-state index is 3.66. The quantitative estimate of drug-likeness (QED) is 0.690. The molecule has 82 valence electrons. The maximum atomic E-state index is 3.66. The third-order valence-corrected chi connectivity index (χ3v) is 4.25. The molecule has 2 atom stereocenters. The predicted molar refractivity (Wildman–Crippen MR) is 60.5 cm³/mol. The second kappa shape index (κ2) is 3.82. The minimum atomic E-state index is 0.492. The summed E-state index contributed by atoms with van der Waals surface area (Å²) in [4.78, 5) is 2.74. The third-order valence-electron chi connectivity index (χ3n) is 4.25. The molecule has 0 bridgehead atoms. The summed E-state index contributed by atoms with van der Waals surface area (Å²) in [5.74, 6) is 0. The smallest absolute Gasteiger partial charge is 0.0363 e. The Hall–Kier alpha value is -0.0800. The first-order chi connectivity index (χ1) is 6.67. The van der Waals surface area contributed by atoms with E-state index in [0.717, 1.165) is 0 Å². The van der Waals surface area contributed by atoms with Crippen LogP contribution in [0.4, 0.5) is 0 Å². The highest BCUT2D eigenvalue weighted by Gasteiger charge is 2.46. The highest BCUT2D eigenvalue weighted by molar-refractivity contribution is 5.05. The summed E-state index contributed by atoms with van der Waals surface area (Å²) < 4.78 is 0. The molecule has 0 radical (unpaired) electrons. The van der Waals surface area contributed by atoms with Crippen LogP contribution >= 0.6 is 0 Å². The summed E-state index contributed by atoms with van der Waals surface area (Å²) in [6.07, 6.45) is 5.55.